The maximum Gasteiger partial charge on any atom is 0.135 e. The fourth-order valence-electron chi connectivity index (χ4n) is 0.703. The average molecular weight is 186 g/mol. The Morgan fingerprint density at radius 3 is 1.62 bits per heavy atom. The van der Waals surface area contributed by atoms with E-state index in [1.807, 2.05) is 27.7 Å². The smallest absolute Gasteiger partial charge is 0.135 e. The average Bonchev–Trinajstić information content (AvgIpc) is 2.11. The van der Waals surface area contributed by atoms with E-state index in [4.69, 9.17) is 14.2 Å². The maximum atomic E-state index is 5.33. The normalized spacial score (nSPS) is 12.6. The van der Waals surface area contributed by atoms with Gasteiger partial charge in [0.1, 0.15) is 24.0 Å². The lowest BCUT2D eigenvalue weighted by molar-refractivity contribution is 0.207. The molecule has 0 unspecified atom stereocenters. The van der Waals surface area contributed by atoms with E-state index in [1.165, 1.54) is 0 Å². The van der Waals surface area contributed by atoms with Crippen LogP contribution in [0.25, 0.3) is 0 Å². The third-order valence-corrected chi connectivity index (χ3v) is 1.15. The molecule has 3 nitrogen and oxygen atoms in total. The zero-order valence-electron chi connectivity index (χ0n) is 8.79. The molecule has 0 aliphatic carbocycles. The summed E-state index contributed by atoms with van der Waals surface area (Å²) in [6.07, 6.45) is 3.17. The molecule has 0 saturated heterocycles. The van der Waals surface area contributed by atoms with Crippen LogP contribution in [-0.4, -0.2) is 13.2 Å². The van der Waals surface area contributed by atoms with Crippen molar-refractivity contribution in [1.29, 1.82) is 0 Å². The highest BCUT2D eigenvalue weighted by Gasteiger charge is 1.92. The number of rotatable bonds is 6. The second-order valence-electron chi connectivity index (χ2n) is 2.47. The Morgan fingerprint density at radius 2 is 1.31 bits per heavy atom. The van der Waals surface area contributed by atoms with Crippen LogP contribution in [0.1, 0.15) is 27.7 Å². The quantitative estimate of drug-likeness (QED) is 0.597. The fraction of sp³-hybridized carbons (Fsp3) is 0.600. The van der Waals surface area contributed by atoms with E-state index in [0.29, 0.717) is 13.2 Å². The van der Waals surface area contributed by atoms with Gasteiger partial charge < -0.3 is 14.2 Å². The van der Waals surface area contributed by atoms with Crippen molar-refractivity contribution in [2.24, 2.45) is 0 Å². The van der Waals surface area contributed by atoms with Crippen LogP contribution in [0.3, 0.4) is 0 Å². The van der Waals surface area contributed by atoms with Gasteiger partial charge in [0.25, 0.3) is 0 Å². The number of hydrogen-bond donors (Lipinski definition) is 0. The first-order valence-corrected chi connectivity index (χ1v) is 4.45. The van der Waals surface area contributed by atoms with Crippen LogP contribution < -0.4 is 0 Å². The summed E-state index contributed by atoms with van der Waals surface area (Å²) in [4.78, 5) is 0. The maximum absolute atomic E-state index is 5.33. The molecule has 0 aliphatic rings. The predicted octanol–water partition coefficient (Wildman–Crippen LogP) is 2.80. The first-order chi connectivity index (χ1) is 6.20. The molecule has 0 amide bonds. The van der Waals surface area contributed by atoms with Crippen LogP contribution in [0.15, 0.2) is 24.0 Å². The van der Waals surface area contributed by atoms with Crippen LogP contribution in [0.5, 0.6) is 0 Å². The van der Waals surface area contributed by atoms with E-state index in [2.05, 4.69) is 0 Å². The molecule has 0 aromatic rings. The predicted molar refractivity (Wildman–Crippen MR) is 51.9 cm³/mol. The minimum absolute atomic E-state index is 0.648. The van der Waals surface area contributed by atoms with Crippen molar-refractivity contribution < 1.29 is 14.2 Å². The van der Waals surface area contributed by atoms with Crippen molar-refractivity contribution in [2.45, 2.75) is 27.7 Å². The van der Waals surface area contributed by atoms with Gasteiger partial charge in [0.05, 0.1) is 13.2 Å². The third-order valence-electron chi connectivity index (χ3n) is 1.15. The van der Waals surface area contributed by atoms with Gasteiger partial charge in [0, 0.05) is 0 Å². The summed E-state index contributed by atoms with van der Waals surface area (Å²) in [6.45, 7) is 8.81. The van der Waals surface area contributed by atoms with Crippen molar-refractivity contribution in [3.05, 3.63) is 24.0 Å². The highest BCUT2D eigenvalue weighted by Crippen LogP contribution is 2.05. The molecule has 0 atom stereocenters. The van der Waals surface area contributed by atoms with Crippen LogP contribution >= 0.6 is 0 Å². The minimum Gasteiger partial charge on any atom is -0.498 e. The van der Waals surface area contributed by atoms with Crippen LogP contribution in [-0.2, 0) is 14.2 Å². The zero-order chi connectivity index (χ0) is 10.1. The lowest BCUT2D eigenvalue weighted by Gasteiger charge is -2.05. The molecule has 0 heterocycles. The molecular formula is C10H18O3. The van der Waals surface area contributed by atoms with Crippen LogP contribution in [0.2, 0.25) is 0 Å². The molecule has 0 aromatic heterocycles. The molecule has 0 N–H and O–H groups in total. The Morgan fingerprint density at radius 1 is 0.923 bits per heavy atom. The van der Waals surface area contributed by atoms with Gasteiger partial charge in [-0.3, -0.25) is 0 Å². The summed E-state index contributed by atoms with van der Waals surface area (Å²) < 4.78 is 15.4. The Bertz CT molecular complexity index is 163. The lowest BCUT2D eigenvalue weighted by Crippen LogP contribution is -1.90. The highest BCUT2D eigenvalue weighted by atomic mass is 16.5. The van der Waals surface area contributed by atoms with E-state index in [0.717, 1.165) is 11.5 Å². The van der Waals surface area contributed by atoms with Crippen molar-refractivity contribution in [1.82, 2.24) is 0 Å². The molecule has 13 heavy (non-hydrogen) atoms. The Labute approximate surface area is 80.0 Å². The zero-order valence-corrected chi connectivity index (χ0v) is 8.79. The Hall–Kier alpha value is -1.12. The lowest BCUT2D eigenvalue weighted by atomic mass is 10.6. The third kappa shape index (κ3) is 7.25. The van der Waals surface area contributed by atoms with Gasteiger partial charge in [-0.15, -0.1) is 0 Å². The van der Waals surface area contributed by atoms with Gasteiger partial charge >= 0.3 is 0 Å². The number of ether oxygens (including phenoxy) is 3. The fourth-order valence-corrected chi connectivity index (χ4v) is 0.703. The highest BCUT2D eigenvalue weighted by molar-refractivity contribution is 4.92. The topological polar surface area (TPSA) is 27.7 Å². The van der Waals surface area contributed by atoms with Crippen molar-refractivity contribution in [3.8, 4) is 0 Å². The molecule has 0 rings (SSSR count). The Kier molecular flexibility index (Phi) is 6.88. The van der Waals surface area contributed by atoms with E-state index in [-0.39, 0.29) is 0 Å². The molecule has 0 aromatic carbocycles. The second-order valence-corrected chi connectivity index (χ2v) is 2.47. The molecule has 3 heteroatoms. The van der Waals surface area contributed by atoms with E-state index in [9.17, 15) is 0 Å². The summed E-state index contributed by atoms with van der Waals surface area (Å²) in [5.74, 6) is 1.44. The van der Waals surface area contributed by atoms with Crippen molar-refractivity contribution >= 4 is 0 Å². The molecule has 0 fully saturated rings. The summed E-state index contributed by atoms with van der Waals surface area (Å²) >= 11 is 0. The number of allylic oxidation sites excluding steroid dienone is 2. The van der Waals surface area contributed by atoms with E-state index < -0.39 is 0 Å². The monoisotopic (exact) mass is 186 g/mol. The summed E-state index contributed by atoms with van der Waals surface area (Å²) in [6, 6.07) is 0. The molecule has 0 bridgehead atoms. The molecule has 0 saturated carbocycles. The first kappa shape index (κ1) is 11.9. The van der Waals surface area contributed by atoms with Gasteiger partial charge in [-0.05, 0) is 27.7 Å². The van der Waals surface area contributed by atoms with Gasteiger partial charge in [-0.2, -0.15) is 0 Å². The summed E-state index contributed by atoms with van der Waals surface area (Å²) in [7, 11) is 0. The van der Waals surface area contributed by atoms with E-state index in [1.54, 1.807) is 12.5 Å². The van der Waals surface area contributed by atoms with Crippen molar-refractivity contribution in [2.75, 3.05) is 13.2 Å². The summed E-state index contributed by atoms with van der Waals surface area (Å²) in [5, 5.41) is 0. The second kappa shape index (κ2) is 7.53. The SMILES string of the molecule is CCOC=C(C)OC(C)=COCC. The molecule has 0 radical (unpaired) electrons. The molecule has 0 spiro atoms. The Balaban J connectivity index is 3.82. The van der Waals surface area contributed by atoms with E-state index >= 15 is 0 Å². The van der Waals surface area contributed by atoms with Gasteiger partial charge in [-0.25, -0.2) is 0 Å². The first-order valence-electron chi connectivity index (χ1n) is 4.45. The van der Waals surface area contributed by atoms with Crippen LogP contribution in [0, 0.1) is 0 Å². The largest absolute Gasteiger partial charge is 0.498 e. The summed E-state index contributed by atoms with van der Waals surface area (Å²) in [5.41, 5.74) is 0. The molecule has 76 valence electrons. The molecule has 0 aliphatic heterocycles. The standard InChI is InChI=1S/C10H18O3/c1-5-11-7-9(3)13-10(4)8-12-6-2/h7-8H,5-6H2,1-4H3. The van der Waals surface area contributed by atoms with Gasteiger partial charge in [0.15, 0.2) is 0 Å². The number of hydrogen-bond acceptors (Lipinski definition) is 3. The van der Waals surface area contributed by atoms with Gasteiger partial charge in [-0.1, -0.05) is 0 Å². The van der Waals surface area contributed by atoms with Gasteiger partial charge in [0.2, 0.25) is 0 Å². The van der Waals surface area contributed by atoms with Crippen molar-refractivity contribution in [3.63, 3.8) is 0 Å². The molecular weight excluding hydrogens is 168 g/mol. The van der Waals surface area contributed by atoms with Crippen LogP contribution in [0.4, 0.5) is 0 Å². The minimum atomic E-state index is 0.648.